The minimum absolute atomic E-state index is 0.0740. The maximum absolute atomic E-state index is 12.0. The van der Waals surface area contributed by atoms with Gasteiger partial charge in [-0.3, -0.25) is 9.59 Å². The summed E-state index contributed by atoms with van der Waals surface area (Å²) in [5.74, 6) is -1.34. The summed E-state index contributed by atoms with van der Waals surface area (Å²) >= 11 is 0. The van der Waals surface area contributed by atoms with Crippen LogP contribution < -0.4 is 5.32 Å². The fourth-order valence-corrected chi connectivity index (χ4v) is 2.18. The Morgan fingerprint density at radius 1 is 1.22 bits per heavy atom. The van der Waals surface area contributed by atoms with Gasteiger partial charge in [0.05, 0.1) is 6.61 Å². The number of ether oxygens (including phenoxy) is 1. The van der Waals surface area contributed by atoms with Crippen LogP contribution in [0.25, 0.3) is 0 Å². The van der Waals surface area contributed by atoms with E-state index in [1.807, 2.05) is 0 Å². The fourth-order valence-electron chi connectivity index (χ4n) is 2.18. The largest absolute Gasteiger partial charge is 0.464 e. The Balaban J connectivity index is 2.57. The Kier molecular flexibility index (Phi) is 5.82. The van der Waals surface area contributed by atoms with Crippen LogP contribution >= 0.6 is 0 Å². The van der Waals surface area contributed by atoms with Gasteiger partial charge in [0.2, 0.25) is 5.91 Å². The first-order valence-corrected chi connectivity index (χ1v) is 6.53. The van der Waals surface area contributed by atoms with Crippen LogP contribution in [0.2, 0.25) is 0 Å². The molecule has 1 saturated carbocycles. The third-order valence-corrected chi connectivity index (χ3v) is 3.19. The monoisotopic (exact) mass is 255 g/mol. The number of amides is 1. The van der Waals surface area contributed by atoms with E-state index >= 15 is 0 Å². The average Bonchev–Trinajstić information content (AvgIpc) is 2.36. The van der Waals surface area contributed by atoms with Crippen molar-refractivity contribution in [3.05, 3.63) is 0 Å². The molecule has 102 valence electrons. The smallest absolute Gasteiger partial charge is 0.336 e. The van der Waals surface area contributed by atoms with Crippen LogP contribution in [-0.4, -0.2) is 30.3 Å². The molecular formula is C13H21NO4. The molecule has 0 bridgehead atoms. The summed E-state index contributed by atoms with van der Waals surface area (Å²) in [6.07, 6.45) is 4.88. The van der Waals surface area contributed by atoms with Gasteiger partial charge in [0.25, 0.3) is 0 Å². The molecule has 0 heterocycles. The highest BCUT2D eigenvalue weighted by atomic mass is 16.5. The maximum atomic E-state index is 12.0. The molecule has 1 atom stereocenters. The second-order valence-electron chi connectivity index (χ2n) is 4.64. The Labute approximate surface area is 107 Å². The lowest BCUT2D eigenvalue weighted by Crippen LogP contribution is -2.48. The molecule has 0 aromatic heterocycles. The van der Waals surface area contributed by atoms with E-state index in [9.17, 15) is 14.4 Å². The number of hydrogen-bond acceptors (Lipinski definition) is 4. The van der Waals surface area contributed by atoms with Gasteiger partial charge in [-0.1, -0.05) is 19.3 Å². The minimum Gasteiger partial charge on any atom is -0.464 e. The SMILES string of the molecule is CCOC(=O)C(NC(=O)C1CCCCC1)C(C)=O. The molecule has 1 amide bonds. The Morgan fingerprint density at radius 2 is 1.83 bits per heavy atom. The number of ketones is 1. The molecule has 1 aliphatic carbocycles. The Bertz CT molecular complexity index is 321. The van der Waals surface area contributed by atoms with E-state index in [1.165, 1.54) is 6.92 Å². The van der Waals surface area contributed by atoms with Gasteiger partial charge in [-0.2, -0.15) is 0 Å². The summed E-state index contributed by atoms with van der Waals surface area (Å²) in [5.41, 5.74) is 0. The van der Waals surface area contributed by atoms with E-state index in [1.54, 1.807) is 6.92 Å². The van der Waals surface area contributed by atoms with E-state index in [0.29, 0.717) is 0 Å². The van der Waals surface area contributed by atoms with Crippen LogP contribution in [0.3, 0.4) is 0 Å². The van der Waals surface area contributed by atoms with Crippen molar-refractivity contribution in [3.8, 4) is 0 Å². The van der Waals surface area contributed by atoms with E-state index in [4.69, 9.17) is 4.74 Å². The molecule has 0 aromatic rings. The van der Waals surface area contributed by atoms with Gasteiger partial charge in [0, 0.05) is 5.92 Å². The van der Waals surface area contributed by atoms with Crippen molar-refractivity contribution in [1.29, 1.82) is 0 Å². The molecule has 5 nitrogen and oxygen atoms in total. The van der Waals surface area contributed by atoms with E-state index in [2.05, 4.69) is 5.32 Å². The lowest BCUT2D eigenvalue weighted by molar-refractivity contribution is -0.150. The summed E-state index contributed by atoms with van der Waals surface area (Å²) in [6, 6.07) is -1.15. The lowest BCUT2D eigenvalue weighted by Gasteiger charge is -2.23. The van der Waals surface area contributed by atoms with Crippen molar-refractivity contribution in [2.45, 2.75) is 52.0 Å². The topological polar surface area (TPSA) is 72.5 Å². The number of Topliss-reactive ketones (excluding diaryl/α,β-unsaturated/α-hetero) is 1. The van der Waals surface area contributed by atoms with Crippen LogP contribution in [0, 0.1) is 5.92 Å². The molecule has 0 aromatic carbocycles. The second-order valence-corrected chi connectivity index (χ2v) is 4.64. The fraction of sp³-hybridized carbons (Fsp3) is 0.769. The predicted octanol–water partition coefficient (Wildman–Crippen LogP) is 1.20. The number of carbonyl (C=O) groups excluding carboxylic acids is 3. The van der Waals surface area contributed by atoms with Crippen molar-refractivity contribution in [2.75, 3.05) is 6.61 Å². The van der Waals surface area contributed by atoms with Gasteiger partial charge in [0.15, 0.2) is 11.8 Å². The zero-order chi connectivity index (χ0) is 13.5. The van der Waals surface area contributed by atoms with Crippen molar-refractivity contribution >= 4 is 17.7 Å². The minimum atomic E-state index is -1.15. The van der Waals surface area contributed by atoms with Gasteiger partial charge >= 0.3 is 5.97 Å². The summed E-state index contributed by atoms with van der Waals surface area (Å²) in [6.45, 7) is 3.14. The number of hydrogen-bond donors (Lipinski definition) is 1. The molecule has 0 aliphatic heterocycles. The summed E-state index contributed by atoms with van der Waals surface area (Å²) in [7, 11) is 0. The summed E-state index contributed by atoms with van der Waals surface area (Å²) in [4.78, 5) is 34.9. The number of esters is 1. The average molecular weight is 255 g/mol. The highest BCUT2D eigenvalue weighted by Crippen LogP contribution is 2.23. The van der Waals surface area contributed by atoms with Crippen molar-refractivity contribution in [3.63, 3.8) is 0 Å². The van der Waals surface area contributed by atoms with Gasteiger partial charge in [0.1, 0.15) is 0 Å². The Morgan fingerprint density at radius 3 is 2.33 bits per heavy atom. The first-order valence-electron chi connectivity index (χ1n) is 6.53. The third-order valence-electron chi connectivity index (χ3n) is 3.19. The standard InChI is InChI=1S/C13H21NO4/c1-3-18-13(17)11(9(2)15)14-12(16)10-7-5-4-6-8-10/h10-11H,3-8H2,1-2H3,(H,14,16). The highest BCUT2D eigenvalue weighted by molar-refractivity contribution is 6.04. The summed E-state index contributed by atoms with van der Waals surface area (Å²) < 4.78 is 4.78. The molecule has 18 heavy (non-hydrogen) atoms. The van der Waals surface area contributed by atoms with E-state index in [-0.39, 0.29) is 18.4 Å². The van der Waals surface area contributed by atoms with Crippen LogP contribution in [0.5, 0.6) is 0 Å². The van der Waals surface area contributed by atoms with Crippen molar-refractivity contribution in [1.82, 2.24) is 5.32 Å². The molecule has 0 spiro atoms. The Hall–Kier alpha value is -1.39. The maximum Gasteiger partial charge on any atom is 0.336 e. The second kappa shape index (κ2) is 7.13. The summed E-state index contributed by atoms with van der Waals surface area (Å²) in [5, 5.41) is 2.51. The predicted molar refractivity (Wildman–Crippen MR) is 65.8 cm³/mol. The van der Waals surface area contributed by atoms with E-state index < -0.39 is 17.8 Å². The third kappa shape index (κ3) is 4.13. The normalized spacial score (nSPS) is 17.9. The van der Waals surface area contributed by atoms with Crippen LogP contribution in [-0.2, 0) is 19.1 Å². The van der Waals surface area contributed by atoms with Gasteiger partial charge in [-0.25, -0.2) is 4.79 Å². The molecule has 0 saturated heterocycles. The number of nitrogens with one attached hydrogen (secondary N) is 1. The zero-order valence-electron chi connectivity index (χ0n) is 11.0. The molecule has 1 aliphatic rings. The molecule has 5 heteroatoms. The van der Waals surface area contributed by atoms with Crippen molar-refractivity contribution in [2.24, 2.45) is 5.92 Å². The highest BCUT2D eigenvalue weighted by Gasteiger charge is 2.30. The van der Waals surface area contributed by atoms with Gasteiger partial charge in [-0.05, 0) is 26.7 Å². The number of carbonyl (C=O) groups is 3. The molecule has 1 fully saturated rings. The first kappa shape index (κ1) is 14.7. The van der Waals surface area contributed by atoms with Crippen LogP contribution in [0.4, 0.5) is 0 Å². The van der Waals surface area contributed by atoms with Gasteiger partial charge in [-0.15, -0.1) is 0 Å². The van der Waals surface area contributed by atoms with Crippen LogP contribution in [0.1, 0.15) is 46.0 Å². The molecule has 1 N–H and O–H groups in total. The molecule has 0 radical (unpaired) electrons. The molecular weight excluding hydrogens is 234 g/mol. The molecule has 1 rings (SSSR count). The lowest BCUT2D eigenvalue weighted by atomic mass is 9.88. The first-order chi connectivity index (χ1) is 8.56. The zero-order valence-corrected chi connectivity index (χ0v) is 11.0. The number of rotatable bonds is 5. The van der Waals surface area contributed by atoms with Crippen LogP contribution in [0.15, 0.2) is 0 Å². The van der Waals surface area contributed by atoms with E-state index in [0.717, 1.165) is 32.1 Å². The van der Waals surface area contributed by atoms with Crippen molar-refractivity contribution < 1.29 is 19.1 Å². The quantitative estimate of drug-likeness (QED) is 0.592. The van der Waals surface area contributed by atoms with Gasteiger partial charge < -0.3 is 10.1 Å². The molecule has 1 unspecified atom stereocenters.